The average molecular weight is 302 g/mol. The van der Waals surface area contributed by atoms with Crippen molar-refractivity contribution in [2.24, 2.45) is 0 Å². The van der Waals surface area contributed by atoms with E-state index in [0.29, 0.717) is 35.7 Å². The maximum atomic E-state index is 11.8. The van der Waals surface area contributed by atoms with Crippen molar-refractivity contribution in [3.8, 4) is 11.4 Å². The van der Waals surface area contributed by atoms with Crippen LogP contribution in [0.2, 0.25) is 0 Å². The van der Waals surface area contributed by atoms with Gasteiger partial charge in [0.25, 0.3) is 11.4 Å². The number of nitrogens with one attached hydrogen (secondary N) is 2. The minimum atomic E-state index is -0.390. The van der Waals surface area contributed by atoms with Crippen LogP contribution in [0.25, 0.3) is 11.4 Å². The van der Waals surface area contributed by atoms with E-state index >= 15 is 0 Å². The summed E-state index contributed by atoms with van der Waals surface area (Å²) < 4.78 is 9.95. The van der Waals surface area contributed by atoms with Gasteiger partial charge in [-0.3, -0.25) is 0 Å². The molecule has 0 aliphatic rings. The van der Waals surface area contributed by atoms with E-state index < -0.39 is 0 Å². The number of H-pyrrole nitrogens is 2. The summed E-state index contributed by atoms with van der Waals surface area (Å²) in [5.74, 6) is -0.779. The molecule has 6 nitrogen and oxygen atoms in total. The molecule has 0 aliphatic carbocycles. The quantitative estimate of drug-likeness (QED) is 0.780. The third kappa shape index (κ3) is 3.66. The molecule has 2 aromatic heterocycles. The van der Waals surface area contributed by atoms with Crippen molar-refractivity contribution in [3.05, 3.63) is 47.8 Å². The molecular weight excluding hydrogens is 284 g/mol. The normalized spacial score (nSPS) is 10.1. The zero-order valence-electron chi connectivity index (χ0n) is 12.5. The van der Waals surface area contributed by atoms with Gasteiger partial charge < -0.3 is 9.47 Å². The Morgan fingerprint density at radius 3 is 1.64 bits per heavy atom. The Labute approximate surface area is 128 Å². The summed E-state index contributed by atoms with van der Waals surface area (Å²) in [6.07, 6.45) is 3.29. The van der Waals surface area contributed by atoms with Crippen LogP contribution in [0.1, 0.15) is 34.6 Å². The van der Waals surface area contributed by atoms with Gasteiger partial charge in [-0.15, -0.1) is 0 Å². The van der Waals surface area contributed by atoms with Crippen LogP contribution in [0, 0.1) is 0 Å². The smallest absolute Gasteiger partial charge is 0.338 e. The standard InChI is InChI=1S/C16H16N2O4/c1-3-21-15(19)11-5-7-17-13(9-11)14-10-12(6-8-18-14)16(20)22-4-2/h5-10H,3-4H2,1-2H3/p+2. The van der Waals surface area contributed by atoms with Gasteiger partial charge in [0.1, 0.15) is 0 Å². The summed E-state index contributed by atoms with van der Waals surface area (Å²) in [4.78, 5) is 29.6. The molecule has 22 heavy (non-hydrogen) atoms. The van der Waals surface area contributed by atoms with Crippen LogP contribution in [-0.4, -0.2) is 25.2 Å². The van der Waals surface area contributed by atoms with E-state index in [0.717, 1.165) is 0 Å². The number of aromatic amines is 2. The molecule has 0 radical (unpaired) electrons. The summed E-state index contributed by atoms with van der Waals surface area (Å²) in [7, 11) is 0. The SMILES string of the molecule is CCOC(=O)c1cc[nH+]c(-c2cc(C(=O)OCC)cc[nH+]2)c1. The molecule has 0 aliphatic heterocycles. The highest BCUT2D eigenvalue weighted by atomic mass is 16.5. The molecule has 0 atom stereocenters. The lowest BCUT2D eigenvalue weighted by Gasteiger charge is -2.01. The Morgan fingerprint density at radius 1 is 0.864 bits per heavy atom. The van der Waals surface area contributed by atoms with E-state index in [-0.39, 0.29) is 11.9 Å². The fraction of sp³-hybridized carbons (Fsp3) is 0.250. The van der Waals surface area contributed by atoms with Crippen LogP contribution in [0.5, 0.6) is 0 Å². The predicted octanol–water partition coefficient (Wildman–Crippen LogP) is 1.34. The molecule has 0 aromatic carbocycles. The first-order valence-corrected chi connectivity index (χ1v) is 7.03. The minimum Gasteiger partial charge on any atom is -0.462 e. The van der Waals surface area contributed by atoms with E-state index in [1.54, 1.807) is 50.5 Å². The molecule has 0 fully saturated rings. The van der Waals surface area contributed by atoms with Crippen molar-refractivity contribution < 1.29 is 29.0 Å². The fourth-order valence-electron chi connectivity index (χ4n) is 1.93. The largest absolute Gasteiger partial charge is 0.462 e. The number of esters is 2. The molecule has 6 heteroatoms. The maximum absolute atomic E-state index is 11.8. The molecule has 2 rings (SSSR count). The molecule has 0 bridgehead atoms. The molecule has 0 unspecified atom stereocenters. The monoisotopic (exact) mass is 302 g/mol. The van der Waals surface area contributed by atoms with Gasteiger partial charge in [-0.2, -0.15) is 0 Å². The highest BCUT2D eigenvalue weighted by Crippen LogP contribution is 2.13. The third-order valence-electron chi connectivity index (χ3n) is 2.92. The molecule has 2 aromatic rings. The highest BCUT2D eigenvalue weighted by molar-refractivity contribution is 5.91. The van der Waals surface area contributed by atoms with Crippen LogP contribution in [-0.2, 0) is 9.47 Å². The van der Waals surface area contributed by atoms with E-state index in [2.05, 4.69) is 9.97 Å². The van der Waals surface area contributed by atoms with Gasteiger partial charge in [-0.25, -0.2) is 19.6 Å². The minimum absolute atomic E-state index is 0.317. The van der Waals surface area contributed by atoms with Gasteiger partial charge in [0, 0.05) is 24.3 Å². The van der Waals surface area contributed by atoms with E-state index in [1.165, 1.54) is 0 Å². The van der Waals surface area contributed by atoms with Crippen molar-refractivity contribution in [3.63, 3.8) is 0 Å². The highest BCUT2D eigenvalue weighted by Gasteiger charge is 2.19. The lowest BCUT2D eigenvalue weighted by atomic mass is 10.1. The summed E-state index contributed by atoms with van der Waals surface area (Å²) in [5, 5.41) is 0. The van der Waals surface area contributed by atoms with Crippen LogP contribution < -0.4 is 9.97 Å². The Hall–Kier alpha value is -2.76. The first-order chi connectivity index (χ1) is 10.7. The van der Waals surface area contributed by atoms with Crippen LogP contribution >= 0.6 is 0 Å². The van der Waals surface area contributed by atoms with Crippen molar-refractivity contribution in [2.75, 3.05) is 13.2 Å². The second kappa shape index (κ2) is 7.31. The topological polar surface area (TPSA) is 80.9 Å². The van der Waals surface area contributed by atoms with Gasteiger partial charge in [0.05, 0.1) is 24.3 Å². The maximum Gasteiger partial charge on any atom is 0.338 e. The number of carbonyl (C=O) groups is 2. The Kier molecular flexibility index (Phi) is 5.19. The molecule has 0 saturated heterocycles. The summed E-state index contributed by atoms with van der Waals surface area (Å²) >= 11 is 0. The fourth-order valence-corrected chi connectivity index (χ4v) is 1.93. The molecule has 0 spiro atoms. The van der Waals surface area contributed by atoms with Crippen LogP contribution in [0.3, 0.4) is 0 Å². The first kappa shape index (κ1) is 15.6. The predicted molar refractivity (Wildman–Crippen MR) is 76.9 cm³/mol. The molecule has 0 saturated carbocycles. The number of hydrogen-bond acceptors (Lipinski definition) is 4. The zero-order valence-corrected chi connectivity index (χ0v) is 12.5. The molecule has 0 amide bonds. The molecular formula is C16H18N2O4+2. The summed E-state index contributed by atoms with van der Waals surface area (Å²) in [6, 6.07) is 6.60. The number of ether oxygens (including phenoxy) is 2. The van der Waals surface area contributed by atoms with Crippen molar-refractivity contribution in [1.29, 1.82) is 0 Å². The number of pyridine rings is 2. The Morgan fingerprint density at radius 2 is 1.27 bits per heavy atom. The Balaban J connectivity index is 2.32. The van der Waals surface area contributed by atoms with Crippen LogP contribution in [0.4, 0.5) is 0 Å². The van der Waals surface area contributed by atoms with Crippen molar-refractivity contribution in [1.82, 2.24) is 0 Å². The molecule has 2 heterocycles. The number of hydrogen-bond donors (Lipinski definition) is 0. The van der Waals surface area contributed by atoms with E-state index in [4.69, 9.17) is 9.47 Å². The van der Waals surface area contributed by atoms with E-state index in [9.17, 15) is 9.59 Å². The Bertz CT molecular complexity index is 626. The first-order valence-electron chi connectivity index (χ1n) is 7.03. The van der Waals surface area contributed by atoms with Crippen LogP contribution in [0.15, 0.2) is 36.7 Å². The molecule has 2 N–H and O–H groups in total. The number of aromatic nitrogens is 2. The lowest BCUT2D eigenvalue weighted by molar-refractivity contribution is -0.402. The van der Waals surface area contributed by atoms with Gasteiger partial charge in [0.15, 0.2) is 12.4 Å². The zero-order chi connectivity index (χ0) is 15.9. The molecule has 114 valence electrons. The third-order valence-corrected chi connectivity index (χ3v) is 2.92. The van der Waals surface area contributed by atoms with Gasteiger partial charge in [-0.1, -0.05) is 0 Å². The van der Waals surface area contributed by atoms with Gasteiger partial charge in [-0.05, 0) is 13.8 Å². The average Bonchev–Trinajstić information content (AvgIpc) is 2.55. The van der Waals surface area contributed by atoms with Crippen molar-refractivity contribution in [2.45, 2.75) is 13.8 Å². The number of carbonyl (C=O) groups excluding carboxylic acids is 2. The second-order valence-electron chi connectivity index (χ2n) is 4.42. The lowest BCUT2D eigenvalue weighted by Crippen LogP contribution is -2.18. The van der Waals surface area contributed by atoms with Gasteiger partial charge >= 0.3 is 11.9 Å². The summed E-state index contributed by atoms with van der Waals surface area (Å²) in [5.41, 5.74) is 2.20. The second-order valence-corrected chi connectivity index (χ2v) is 4.42. The van der Waals surface area contributed by atoms with Crippen molar-refractivity contribution >= 4 is 11.9 Å². The van der Waals surface area contributed by atoms with Gasteiger partial charge in [0.2, 0.25) is 0 Å². The summed E-state index contributed by atoms with van der Waals surface area (Å²) in [6.45, 7) is 4.14. The number of rotatable bonds is 5. The van der Waals surface area contributed by atoms with E-state index in [1.807, 2.05) is 0 Å².